The first-order valence-corrected chi connectivity index (χ1v) is 10.0. The van der Waals surface area contributed by atoms with Gasteiger partial charge < -0.3 is 5.32 Å². The third-order valence-electron chi connectivity index (χ3n) is 4.16. The van der Waals surface area contributed by atoms with Crippen LogP contribution in [0.4, 0.5) is 11.4 Å². The number of aromatic nitrogens is 1. The maximum atomic E-state index is 12.4. The lowest BCUT2D eigenvalue weighted by Gasteiger charge is -2.17. The Labute approximate surface area is 177 Å². The Kier molecular flexibility index (Phi) is 6.58. The molecule has 1 heterocycles. The van der Waals surface area contributed by atoms with Gasteiger partial charge in [0, 0.05) is 40.3 Å². The van der Waals surface area contributed by atoms with Crippen LogP contribution in [-0.4, -0.2) is 34.3 Å². The second-order valence-electron chi connectivity index (χ2n) is 6.59. The van der Waals surface area contributed by atoms with Crippen molar-refractivity contribution < 1.29 is 9.72 Å². The molecule has 0 aliphatic heterocycles. The summed E-state index contributed by atoms with van der Waals surface area (Å²) in [6.07, 6.45) is 0. The van der Waals surface area contributed by atoms with Gasteiger partial charge in [0.25, 0.3) is 5.69 Å². The maximum Gasteiger partial charge on any atom is 0.269 e. The van der Waals surface area contributed by atoms with Gasteiger partial charge in [0.15, 0.2) is 0 Å². The molecule has 3 aromatic rings. The molecule has 0 aliphatic carbocycles. The maximum absolute atomic E-state index is 12.4. The van der Waals surface area contributed by atoms with Crippen LogP contribution in [0.2, 0.25) is 5.02 Å². The van der Waals surface area contributed by atoms with Gasteiger partial charge in [0.2, 0.25) is 5.91 Å². The van der Waals surface area contributed by atoms with Crippen LogP contribution in [0.25, 0.3) is 11.3 Å². The zero-order chi connectivity index (χ0) is 21.0. The number of non-ortho nitro benzene ring substituents is 1. The fraction of sp³-hybridized carbons (Fsp3) is 0.200. The zero-order valence-corrected chi connectivity index (χ0v) is 17.5. The average Bonchev–Trinajstić information content (AvgIpc) is 3.10. The third kappa shape index (κ3) is 5.60. The highest BCUT2D eigenvalue weighted by Gasteiger charge is 2.14. The number of anilines is 1. The van der Waals surface area contributed by atoms with E-state index in [2.05, 4.69) is 10.3 Å². The second-order valence-corrected chi connectivity index (χ2v) is 8.06. The van der Waals surface area contributed by atoms with Crippen molar-refractivity contribution >= 4 is 40.2 Å². The molecule has 0 saturated heterocycles. The van der Waals surface area contributed by atoms with Gasteiger partial charge in [-0.1, -0.05) is 23.7 Å². The molecule has 29 heavy (non-hydrogen) atoms. The summed E-state index contributed by atoms with van der Waals surface area (Å²) in [5, 5.41) is 17.2. The van der Waals surface area contributed by atoms with Crippen LogP contribution in [0, 0.1) is 17.0 Å². The van der Waals surface area contributed by atoms with Gasteiger partial charge in [0.05, 0.1) is 22.2 Å². The molecule has 150 valence electrons. The van der Waals surface area contributed by atoms with E-state index >= 15 is 0 Å². The molecule has 0 radical (unpaired) electrons. The number of benzene rings is 2. The molecule has 0 atom stereocenters. The van der Waals surface area contributed by atoms with E-state index in [1.807, 2.05) is 36.6 Å². The second kappa shape index (κ2) is 9.13. The van der Waals surface area contributed by atoms with Crippen molar-refractivity contribution in [3.63, 3.8) is 0 Å². The van der Waals surface area contributed by atoms with Crippen molar-refractivity contribution in [2.24, 2.45) is 0 Å². The Bertz CT molecular complexity index is 1050. The molecule has 1 aromatic heterocycles. The quantitative estimate of drug-likeness (QED) is 0.431. The number of nitrogens with zero attached hydrogens (tertiary/aromatic N) is 3. The topological polar surface area (TPSA) is 88.4 Å². The van der Waals surface area contributed by atoms with Crippen LogP contribution in [0.3, 0.4) is 0 Å². The molecule has 3 rings (SSSR count). The summed E-state index contributed by atoms with van der Waals surface area (Å²) in [5.74, 6) is -0.194. The smallest absolute Gasteiger partial charge is 0.269 e. The lowest BCUT2D eigenvalue weighted by molar-refractivity contribution is -0.384. The Hall–Kier alpha value is -2.81. The number of aryl methyl sites for hydroxylation is 1. The first kappa shape index (κ1) is 20.9. The third-order valence-corrected chi connectivity index (χ3v) is 5.30. The van der Waals surface area contributed by atoms with Crippen molar-refractivity contribution in [3.8, 4) is 11.3 Å². The molecule has 0 fully saturated rings. The highest BCUT2D eigenvalue weighted by Crippen LogP contribution is 2.25. The number of hydrogen-bond acceptors (Lipinski definition) is 6. The van der Waals surface area contributed by atoms with Crippen molar-refractivity contribution in [2.45, 2.75) is 13.5 Å². The summed E-state index contributed by atoms with van der Waals surface area (Å²) >= 11 is 7.71. The largest absolute Gasteiger partial charge is 0.325 e. The lowest BCUT2D eigenvalue weighted by Crippen LogP contribution is -2.30. The van der Waals surface area contributed by atoms with E-state index in [9.17, 15) is 14.9 Å². The first-order valence-electron chi connectivity index (χ1n) is 8.75. The minimum Gasteiger partial charge on any atom is -0.325 e. The standard InChI is InChI=1S/C20H19ClN4O3S/c1-13-22-19(12-29-13)14-4-3-5-16(8-14)23-20(26)11-24(2)10-15-9-17(25(27)28)6-7-18(15)21/h3-9,12H,10-11H2,1-2H3,(H,23,26). The van der Waals surface area contributed by atoms with Crippen LogP contribution in [-0.2, 0) is 11.3 Å². The Balaban J connectivity index is 1.62. The molecule has 0 aliphatic rings. The summed E-state index contributed by atoms with van der Waals surface area (Å²) in [7, 11) is 1.75. The molecule has 7 nitrogen and oxygen atoms in total. The molecule has 0 unspecified atom stereocenters. The predicted octanol–water partition coefficient (Wildman–Crippen LogP) is 4.75. The van der Waals surface area contributed by atoms with Crippen molar-refractivity contribution in [1.82, 2.24) is 9.88 Å². The van der Waals surface area contributed by atoms with Crippen LogP contribution >= 0.6 is 22.9 Å². The fourth-order valence-corrected chi connectivity index (χ4v) is 3.64. The Morgan fingerprint density at radius 2 is 2.10 bits per heavy atom. The van der Waals surface area contributed by atoms with Gasteiger partial charge in [-0.05, 0) is 37.7 Å². The number of carbonyl (C=O) groups excluding carboxylic acids is 1. The van der Waals surface area contributed by atoms with Gasteiger partial charge in [-0.3, -0.25) is 19.8 Å². The van der Waals surface area contributed by atoms with E-state index in [-0.39, 0.29) is 18.1 Å². The molecule has 1 amide bonds. The zero-order valence-electron chi connectivity index (χ0n) is 15.9. The molecule has 2 aromatic carbocycles. The number of nitro groups is 1. The number of amides is 1. The van der Waals surface area contributed by atoms with Crippen molar-refractivity contribution in [2.75, 3.05) is 18.9 Å². The highest BCUT2D eigenvalue weighted by molar-refractivity contribution is 7.09. The normalized spacial score (nSPS) is 10.9. The molecular weight excluding hydrogens is 412 g/mol. The van der Waals surface area contributed by atoms with Crippen LogP contribution in [0.15, 0.2) is 47.8 Å². The van der Waals surface area contributed by atoms with E-state index in [1.165, 1.54) is 18.2 Å². The monoisotopic (exact) mass is 430 g/mol. The molecule has 1 N–H and O–H groups in total. The van der Waals surface area contributed by atoms with Gasteiger partial charge in [-0.15, -0.1) is 11.3 Å². The van der Waals surface area contributed by atoms with E-state index in [0.29, 0.717) is 22.8 Å². The summed E-state index contributed by atoms with van der Waals surface area (Å²) in [6, 6.07) is 11.8. The van der Waals surface area contributed by atoms with Crippen LogP contribution in [0.5, 0.6) is 0 Å². The number of carbonyl (C=O) groups is 1. The molecule has 0 saturated carbocycles. The minimum atomic E-state index is -0.469. The van der Waals surface area contributed by atoms with E-state index in [4.69, 9.17) is 11.6 Å². The van der Waals surface area contributed by atoms with E-state index in [0.717, 1.165) is 16.3 Å². The fourth-order valence-electron chi connectivity index (χ4n) is 2.84. The Morgan fingerprint density at radius 3 is 2.79 bits per heavy atom. The summed E-state index contributed by atoms with van der Waals surface area (Å²) < 4.78 is 0. The molecule has 0 bridgehead atoms. The van der Waals surface area contributed by atoms with Crippen LogP contribution < -0.4 is 5.32 Å². The number of rotatable bonds is 7. The number of thiazole rings is 1. The predicted molar refractivity (Wildman–Crippen MR) is 115 cm³/mol. The first-order chi connectivity index (χ1) is 13.8. The SMILES string of the molecule is Cc1nc(-c2cccc(NC(=O)CN(C)Cc3cc([N+](=O)[O-])ccc3Cl)c2)cs1. The minimum absolute atomic E-state index is 0.0312. The number of nitrogens with one attached hydrogen (secondary N) is 1. The van der Waals surface area contributed by atoms with Crippen LogP contribution in [0.1, 0.15) is 10.6 Å². The van der Waals surface area contributed by atoms with Gasteiger partial charge in [0.1, 0.15) is 0 Å². The van der Waals surface area contributed by atoms with Gasteiger partial charge >= 0.3 is 0 Å². The average molecular weight is 431 g/mol. The molecule has 9 heteroatoms. The van der Waals surface area contributed by atoms with E-state index < -0.39 is 4.92 Å². The molecule has 0 spiro atoms. The summed E-state index contributed by atoms with van der Waals surface area (Å²) in [5.41, 5.74) is 3.05. The summed E-state index contributed by atoms with van der Waals surface area (Å²) in [4.78, 5) is 29.1. The van der Waals surface area contributed by atoms with Gasteiger partial charge in [-0.25, -0.2) is 4.98 Å². The number of hydrogen-bond donors (Lipinski definition) is 1. The molecular formula is C20H19ClN4O3S. The van der Waals surface area contributed by atoms with E-state index in [1.54, 1.807) is 23.3 Å². The Morgan fingerprint density at radius 1 is 1.31 bits per heavy atom. The number of likely N-dealkylation sites (N-methyl/N-ethyl adjacent to an activating group) is 1. The van der Waals surface area contributed by atoms with Crippen molar-refractivity contribution in [1.29, 1.82) is 0 Å². The van der Waals surface area contributed by atoms with Gasteiger partial charge in [-0.2, -0.15) is 0 Å². The van der Waals surface area contributed by atoms with Crippen molar-refractivity contribution in [3.05, 3.63) is 73.6 Å². The summed E-state index contributed by atoms with van der Waals surface area (Å²) in [6.45, 7) is 2.37. The highest BCUT2D eigenvalue weighted by atomic mass is 35.5. The number of halogens is 1. The number of nitro benzene ring substituents is 1. The lowest BCUT2D eigenvalue weighted by atomic mass is 10.1.